The Kier molecular flexibility index (Phi) is 8.32. The molecule has 5 nitrogen and oxygen atoms in total. The first kappa shape index (κ1) is 22.7. The van der Waals surface area contributed by atoms with Gasteiger partial charge in [0.1, 0.15) is 5.60 Å². The highest BCUT2D eigenvalue weighted by atomic mass is 16.6. The summed E-state index contributed by atoms with van der Waals surface area (Å²) in [4.78, 5) is 12.0. The second-order valence-electron chi connectivity index (χ2n) is 8.82. The van der Waals surface area contributed by atoms with Gasteiger partial charge in [-0.3, -0.25) is 0 Å². The highest BCUT2D eigenvalue weighted by Crippen LogP contribution is 2.34. The van der Waals surface area contributed by atoms with E-state index >= 15 is 0 Å². The fraction of sp³-hybridized carbons (Fsp3) is 0.696. The van der Waals surface area contributed by atoms with Crippen molar-refractivity contribution in [1.82, 2.24) is 10.6 Å². The maximum absolute atomic E-state index is 12.0. The summed E-state index contributed by atoms with van der Waals surface area (Å²) in [5, 5.41) is 6.45. The number of carbonyl (C=O) groups excluding carboxylic acids is 1. The van der Waals surface area contributed by atoms with Crippen LogP contribution in [-0.2, 0) is 9.47 Å². The van der Waals surface area contributed by atoms with Crippen molar-refractivity contribution in [2.24, 2.45) is 0 Å². The van der Waals surface area contributed by atoms with Crippen LogP contribution in [0.15, 0.2) is 30.3 Å². The average molecular weight is 391 g/mol. The lowest BCUT2D eigenvalue weighted by molar-refractivity contribution is 0.0101. The Labute approximate surface area is 170 Å². The normalized spacial score (nSPS) is 27.7. The van der Waals surface area contributed by atoms with E-state index in [2.05, 4.69) is 41.0 Å². The van der Waals surface area contributed by atoms with Crippen molar-refractivity contribution < 1.29 is 14.3 Å². The first-order valence-corrected chi connectivity index (χ1v) is 10.3. The van der Waals surface area contributed by atoms with Crippen molar-refractivity contribution in [3.05, 3.63) is 35.9 Å². The van der Waals surface area contributed by atoms with E-state index in [1.165, 1.54) is 18.4 Å². The van der Waals surface area contributed by atoms with Crippen molar-refractivity contribution in [3.8, 4) is 0 Å². The van der Waals surface area contributed by atoms with Gasteiger partial charge in [0, 0.05) is 0 Å². The summed E-state index contributed by atoms with van der Waals surface area (Å²) in [6.07, 6.45) is 5.48. The maximum Gasteiger partial charge on any atom is 0.407 e. The molecule has 3 rings (SSSR count). The van der Waals surface area contributed by atoms with Crippen LogP contribution in [0.1, 0.15) is 71.8 Å². The minimum atomic E-state index is -0.473. The predicted molar refractivity (Wildman–Crippen MR) is 114 cm³/mol. The third-order valence-electron chi connectivity index (χ3n) is 5.51. The Morgan fingerprint density at radius 3 is 2.43 bits per heavy atom. The molecule has 0 unspecified atom stereocenters. The lowest BCUT2D eigenvalue weighted by atomic mass is 9.83. The molecule has 2 N–H and O–H groups in total. The standard InChI is InChI=1S/C22H34N2O3.CH4/c1-22(2,3)27-21(25)24-19-13-14-23-20(19)15-26-18-11-9-17(10-12-18)16-7-5-4-6-8-16;/h4-8,17-20,23H,9-15H2,1-3H3,(H,24,25);1H4/t17?,18?,19-,20-;/m0./s1. The first-order chi connectivity index (χ1) is 12.9. The van der Waals surface area contributed by atoms with E-state index in [1.807, 2.05) is 20.8 Å². The van der Waals surface area contributed by atoms with Crippen LogP contribution in [0.4, 0.5) is 4.79 Å². The van der Waals surface area contributed by atoms with Crippen LogP contribution in [0.2, 0.25) is 0 Å². The van der Waals surface area contributed by atoms with Crippen molar-refractivity contribution in [3.63, 3.8) is 0 Å². The molecule has 1 aromatic carbocycles. The molecule has 0 spiro atoms. The molecular weight excluding hydrogens is 352 g/mol. The third-order valence-corrected chi connectivity index (χ3v) is 5.51. The van der Waals surface area contributed by atoms with E-state index < -0.39 is 5.60 Å². The van der Waals surface area contributed by atoms with Gasteiger partial charge < -0.3 is 20.1 Å². The molecule has 1 aliphatic carbocycles. The Bertz CT molecular complexity index is 592. The Balaban J connectivity index is 0.00000280. The molecule has 1 saturated carbocycles. The number of nitrogens with one attached hydrogen (secondary N) is 2. The van der Waals surface area contributed by atoms with Crippen LogP contribution in [0.25, 0.3) is 0 Å². The summed E-state index contributed by atoms with van der Waals surface area (Å²) in [6.45, 7) is 7.18. The van der Waals surface area contributed by atoms with E-state index in [1.54, 1.807) is 0 Å². The van der Waals surface area contributed by atoms with Gasteiger partial charge in [0.25, 0.3) is 0 Å². The summed E-state index contributed by atoms with van der Waals surface area (Å²) in [5.41, 5.74) is 0.981. The highest BCUT2D eigenvalue weighted by molar-refractivity contribution is 5.68. The van der Waals surface area contributed by atoms with Crippen LogP contribution in [0, 0.1) is 0 Å². The van der Waals surface area contributed by atoms with E-state index in [0.29, 0.717) is 18.6 Å². The predicted octanol–water partition coefficient (Wildman–Crippen LogP) is 4.62. The monoisotopic (exact) mass is 390 g/mol. The van der Waals surface area contributed by atoms with Gasteiger partial charge in [-0.1, -0.05) is 37.8 Å². The Hall–Kier alpha value is -1.59. The van der Waals surface area contributed by atoms with Crippen molar-refractivity contribution in [1.29, 1.82) is 0 Å². The van der Waals surface area contributed by atoms with Crippen molar-refractivity contribution in [2.75, 3.05) is 13.2 Å². The molecule has 1 aromatic rings. The minimum absolute atomic E-state index is 0. The van der Waals surface area contributed by atoms with Gasteiger partial charge in [0.05, 0.1) is 24.8 Å². The number of rotatable bonds is 5. The summed E-state index contributed by atoms with van der Waals surface area (Å²) in [7, 11) is 0. The number of amides is 1. The fourth-order valence-corrected chi connectivity index (χ4v) is 4.10. The summed E-state index contributed by atoms with van der Waals surface area (Å²) < 4.78 is 11.6. The van der Waals surface area contributed by atoms with Gasteiger partial charge in [-0.2, -0.15) is 0 Å². The number of alkyl carbamates (subject to hydrolysis) is 1. The minimum Gasteiger partial charge on any atom is -0.444 e. The molecule has 1 aliphatic heterocycles. The average Bonchev–Trinajstić information content (AvgIpc) is 3.06. The number of ether oxygens (including phenoxy) is 2. The Morgan fingerprint density at radius 2 is 1.79 bits per heavy atom. The van der Waals surface area contributed by atoms with Crippen LogP contribution < -0.4 is 10.6 Å². The quantitative estimate of drug-likeness (QED) is 0.770. The smallest absolute Gasteiger partial charge is 0.407 e. The number of carbonyl (C=O) groups is 1. The molecule has 2 fully saturated rings. The van der Waals surface area contributed by atoms with E-state index in [4.69, 9.17) is 9.47 Å². The topological polar surface area (TPSA) is 59.6 Å². The summed E-state index contributed by atoms with van der Waals surface area (Å²) in [6, 6.07) is 11.0. The zero-order valence-electron chi connectivity index (χ0n) is 16.9. The van der Waals surface area contributed by atoms with E-state index in [9.17, 15) is 4.79 Å². The number of hydrogen-bond donors (Lipinski definition) is 2. The van der Waals surface area contributed by atoms with E-state index in [0.717, 1.165) is 25.8 Å². The number of benzene rings is 1. The second kappa shape index (κ2) is 10.3. The molecule has 0 bridgehead atoms. The fourth-order valence-electron chi connectivity index (χ4n) is 4.10. The van der Waals surface area contributed by atoms with Crippen molar-refractivity contribution >= 4 is 6.09 Å². The second-order valence-corrected chi connectivity index (χ2v) is 8.82. The first-order valence-electron chi connectivity index (χ1n) is 10.3. The molecule has 0 radical (unpaired) electrons. The zero-order valence-corrected chi connectivity index (χ0v) is 16.9. The van der Waals surface area contributed by atoms with Crippen LogP contribution >= 0.6 is 0 Å². The maximum atomic E-state index is 12.0. The molecule has 5 heteroatoms. The molecule has 1 saturated heterocycles. The SMILES string of the molecule is C.CC(C)(C)OC(=O)N[C@H]1CCN[C@H]1COC1CCC(c2ccccc2)CC1. The molecule has 2 atom stereocenters. The van der Waals surface area contributed by atoms with Gasteiger partial charge in [0.2, 0.25) is 0 Å². The molecule has 158 valence electrons. The van der Waals surface area contributed by atoms with Gasteiger partial charge in [-0.25, -0.2) is 4.79 Å². The van der Waals surface area contributed by atoms with E-state index in [-0.39, 0.29) is 25.6 Å². The van der Waals surface area contributed by atoms with Crippen LogP contribution in [-0.4, -0.2) is 43.0 Å². The molecule has 1 heterocycles. The third kappa shape index (κ3) is 6.78. The van der Waals surface area contributed by atoms with Gasteiger partial charge in [0.15, 0.2) is 0 Å². The lowest BCUT2D eigenvalue weighted by Gasteiger charge is -2.30. The lowest BCUT2D eigenvalue weighted by Crippen LogP contribution is -2.47. The Morgan fingerprint density at radius 1 is 1.11 bits per heavy atom. The number of hydrogen-bond acceptors (Lipinski definition) is 4. The van der Waals surface area contributed by atoms with Gasteiger partial charge in [-0.05, 0) is 70.9 Å². The largest absolute Gasteiger partial charge is 0.444 e. The highest BCUT2D eigenvalue weighted by Gasteiger charge is 2.31. The van der Waals surface area contributed by atoms with Crippen molar-refractivity contribution in [2.45, 2.75) is 90.0 Å². The molecular formula is C23H38N2O3. The molecule has 1 amide bonds. The van der Waals surface area contributed by atoms with Crippen LogP contribution in [0.5, 0.6) is 0 Å². The molecule has 0 aromatic heterocycles. The van der Waals surface area contributed by atoms with Crippen LogP contribution in [0.3, 0.4) is 0 Å². The van der Waals surface area contributed by atoms with Gasteiger partial charge in [-0.15, -0.1) is 0 Å². The molecule has 28 heavy (non-hydrogen) atoms. The summed E-state index contributed by atoms with van der Waals surface area (Å²) in [5.74, 6) is 0.664. The zero-order chi connectivity index (χ0) is 19.3. The summed E-state index contributed by atoms with van der Waals surface area (Å²) >= 11 is 0. The molecule has 2 aliphatic rings. The van der Waals surface area contributed by atoms with Gasteiger partial charge >= 0.3 is 6.09 Å².